The highest BCUT2D eigenvalue weighted by atomic mass is 15.1. The molecule has 0 fully saturated rings. The Morgan fingerprint density at radius 3 is 1.52 bits per heavy atom. The maximum Gasteiger partial charge on any atom is 0.0540 e. The quantitative estimate of drug-likeness (QED) is 0.138. The van der Waals surface area contributed by atoms with Gasteiger partial charge in [-0.05, 0) is 132 Å². The molecule has 12 rings (SSSR count). The van der Waals surface area contributed by atoms with Crippen LogP contribution in [0.25, 0.3) is 77.2 Å². The maximum absolute atomic E-state index is 2.47. The van der Waals surface area contributed by atoms with E-state index < -0.39 is 0 Å². The Labute approximate surface area is 381 Å². The van der Waals surface area contributed by atoms with E-state index >= 15 is 0 Å². The summed E-state index contributed by atoms with van der Waals surface area (Å²) in [5.74, 6) is 0. The van der Waals surface area contributed by atoms with Crippen LogP contribution in [0.15, 0.2) is 255 Å². The molecule has 0 N–H and O–H groups in total. The molecule has 11 aromatic rings. The fourth-order valence-electron chi connectivity index (χ4n) is 10.7. The van der Waals surface area contributed by atoms with Gasteiger partial charge in [-0.25, -0.2) is 0 Å². The number of para-hydroxylation sites is 1. The number of hydrogen-bond donors (Lipinski definition) is 0. The van der Waals surface area contributed by atoms with Crippen molar-refractivity contribution >= 4 is 38.6 Å². The Morgan fingerprint density at radius 2 is 0.785 bits per heavy atom. The molecule has 1 heteroatoms. The van der Waals surface area contributed by atoms with E-state index in [0.29, 0.717) is 0 Å². The van der Waals surface area contributed by atoms with Gasteiger partial charge in [-0.3, -0.25) is 0 Å². The number of rotatable bonds is 8. The van der Waals surface area contributed by atoms with Gasteiger partial charge >= 0.3 is 0 Å². The van der Waals surface area contributed by atoms with Crippen molar-refractivity contribution in [3.8, 4) is 55.6 Å². The third-order valence-electron chi connectivity index (χ3n) is 13.8. The lowest BCUT2D eigenvalue weighted by molar-refractivity contribution is 0.714. The maximum atomic E-state index is 2.47. The summed E-state index contributed by atoms with van der Waals surface area (Å²) in [7, 11) is 0. The van der Waals surface area contributed by atoms with Crippen LogP contribution >= 0.6 is 0 Å². The Kier molecular flexibility index (Phi) is 9.35. The first kappa shape index (κ1) is 38.4. The minimum absolute atomic E-state index is 0.288. The SMILES string of the molecule is CC1(c2ccccc2)c2ccccc2-c2cc(N(c3ccc(-c4cc5ccccc5c5ccccc45)cc3)c3ccccc3-c3ccccc3-c3ccccc3-c3ccccc3)ccc21. The van der Waals surface area contributed by atoms with Crippen molar-refractivity contribution < 1.29 is 0 Å². The summed E-state index contributed by atoms with van der Waals surface area (Å²) < 4.78 is 0. The van der Waals surface area contributed by atoms with Crippen molar-refractivity contribution in [3.63, 3.8) is 0 Å². The molecule has 0 saturated carbocycles. The van der Waals surface area contributed by atoms with Crippen molar-refractivity contribution in [1.82, 2.24) is 0 Å². The minimum Gasteiger partial charge on any atom is -0.310 e. The molecule has 0 aliphatic heterocycles. The molecule has 0 saturated heterocycles. The predicted octanol–water partition coefficient (Wildman–Crippen LogP) is 17.5. The first-order valence-corrected chi connectivity index (χ1v) is 22.6. The fraction of sp³-hybridized carbons (Fsp3) is 0.0312. The average Bonchev–Trinajstić information content (AvgIpc) is 3.65. The molecule has 0 radical (unpaired) electrons. The normalized spacial score (nSPS) is 14.0. The summed E-state index contributed by atoms with van der Waals surface area (Å²) in [5.41, 5.74) is 19.1. The molecule has 1 unspecified atom stereocenters. The van der Waals surface area contributed by atoms with Gasteiger partial charge in [0.05, 0.1) is 5.69 Å². The van der Waals surface area contributed by atoms with Gasteiger partial charge in [0, 0.05) is 22.4 Å². The van der Waals surface area contributed by atoms with E-state index in [1.807, 2.05) is 0 Å². The van der Waals surface area contributed by atoms with E-state index in [4.69, 9.17) is 0 Å². The molecular formula is C64H45N. The smallest absolute Gasteiger partial charge is 0.0540 e. The fourth-order valence-corrected chi connectivity index (χ4v) is 10.7. The van der Waals surface area contributed by atoms with Gasteiger partial charge < -0.3 is 4.90 Å². The van der Waals surface area contributed by atoms with Crippen LogP contribution in [0.5, 0.6) is 0 Å². The van der Waals surface area contributed by atoms with Crippen molar-refractivity contribution in [2.75, 3.05) is 4.90 Å². The number of fused-ring (bicyclic) bond motifs is 6. The van der Waals surface area contributed by atoms with Gasteiger partial charge in [-0.1, -0.05) is 218 Å². The highest BCUT2D eigenvalue weighted by Crippen LogP contribution is 2.54. The molecule has 0 amide bonds. The molecule has 11 aromatic carbocycles. The molecule has 0 bridgehead atoms. The molecule has 306 valence electrons. The van der Waals surface area contributed by atoms with Gasteiger partial charge in [-0.2, -0.15) is 0 Å². The molecule has 1 nitrogen and oxygen atoms in total. The second kappa shape index (κ2) is 15.8. The number of hydrogen-bond acceptors (Lipinski definition) is 1. The molecule has 1 aliphatic rings. The predicted molar refractivity (Wildman–Crippen MR) is 275 cm³/mol. The zero-order chi connectivity index (χ0) is 43.3. The zero-order valence-corrected chi connectivity index (χ0v) is 36.2. The minimum atomic E-state index is -0.288. The van der Waals surface area contributed by atoms with E-state index in [1.165, 1.54) is 88.3 Å². The van der Waals surface area contributed by atoms with Crippen molar-refractivity contribution in [3.05, 3.63) is 271 Å². The van der Waals surface area contributed by atoms with Crippen LogP contribution in [0.4, 0.5) is 17.1 Å². The molecule has 0 heterocycles. The van der Waals surface area contributed by atoms with Crippen LogP contribution < -0.4 is 4.90 Å². The van der Waals surface area contributed by atoms with Gasteiger partial charge in [0.2, 0.25) is 0 Å². The van der Waals surface area contributed by atoms with Crippen LogP contribution in [0.2, 0.25) is 0 Å². The standard InChI is InChI=1S/C64H45N/c1-64(47-23-6-3-7-24-47)61-34-18-16-32-57(61)60-43-49(40-41-62(60)64)65(48-38-36-45(37-39-48)59-42-46-22-8-9-26-51(46)53-28-12-15-31-56(53)59)63-35-19-17-33-58(63)55-30-14-13-29-54(55)52-27-11-10-25-50(52)44-20-4-2-5-21-44/h2-43H,1H3. The van der Waals surface area contributed by atoms with E-state index in [0.717, 1.165) is 22.6 Å². The summed E-state index contributed by atoms with van der Waals surface area (Å²) in [6.07, 6.45) is 0. The monoisotopic (exact) mass is 827 g/mol. The van der Waals surface area contributed by atoms with Crippen LogP contribution in [-0.4, -0.2) is 0 Å². The van der Waals surface area contributed by atoms with E-state index in [2.05, 4.69) is 267 Å². The molecule has 0 aromatic heterocycles. The molecule has 0 spiro atoms. The number of nitrogens with zero attached hydrogens (tertiary/aromatic N) is 1. The lowest BCUT2D eigenvalue weighted by atomic mass is 9.74. The van der Waals surface area contributed by atoms with Gasteiger partial charge in [0.1, 0.15) is 0 Å². The van der Waals surface area contributed by atoms with Crippen molar-refractivity contribution in [2.45, 2.75) is 12.3 Å². The van der Waals surface area contributed by atoms with Gasteiger partial charge in [0.25, 0.3) is 0 Å². The van der Waals surface area contributed by atoms with Crippen molar-refractivity contribution in [1.29, 1.82) is 0 Å². The lowest BCUT2D eigenvalue weighted by Gasteiger charge is -2.31. The zero-order valence-electron chi connectivity index (χ0n) is 36.2. The van der Waals surface area contributed by atoms with E-state index in [-0.39, 0.29) is 5.41 Å². The Balaban J connectivity index is 1.06. The van der Waals surface area contributed by atoms with Crippen LogP contribution in [0.3, 0.4) is 0 Å². The number of anilines is 3. The highest BCUT2D eigenvalue weighted by molar-refractivity contribution is 6.14. The Morgan fingerprint density at radius 1 is 0.292 bits per heavy atom. The Hall–Kier alpha value is -8.26. The topological polar surface area (TPSA) is 3.24 Å². The first-order chi connectivity index (χ1) is 32.1. The molecule has 65 heavy (non-hydrogen) atoms. The van der Waals surface area contributed by atoms with Crippen LogP contribution in [0, 0.1) is 0 Å². The molecular weight excluding hydrogens is 783 g/mol. The second-order valence-corrected chi connectivity index (χ2v) is 17.3. The average molecular weight is 828 g/mol. The third-order valence-corrected chi connectivity index (χ3v) is 13.8. The van der Waals surface area contributed by atoms with E-state index in [1.54, 1.807) is 0 Å². The molecule has 1 atom stereocenters. The lowest BCUT2D eigenvalue weighted by Crippen LogP contribution is -2.22. The number of benzene rings is 11. The first-order valence-electron chi connectivity index (χ1n) is 22.6. The Bertz CT molecular complexity index is 3550. The summed E-state index contributed by atoms with van der Waals surface area (Å²) in [6, 6.07) is 93.6. The third kappa shape index (κ3) is 6.39. The second-order valence-electron chi connectivity index (χ2n) is 17.3. The summed E-state index contributed by atoms with van der Waals surface area (Å²) in [6.45, 7) is 2.39. The summed E-state index contributed by atoms with van der Waals surface area (Å²) in [5, 5.41) is 5.05. The van der Waals surface area contributed by atoms with Crippen molar-refractivity contribution in [2.24, 2.45) is 0 Å². The van der Waals surface area contributed by atoms with Crippen LogP contribution in [0.1, 0.15) is 23.6 Å². The van der Waals surface area contributed by atoms with E-state index in [9.17, 15) is 0 Å². The van der Waals surface area contributed by atoms with Gasteiger partial charge in [-0.15, -0.1) is 0 Å². The summed E-state index contributed by atoms with van der Waals surface area (Å²) in [4.78, 5) is 2.47. The largest absolute Gasteiger partial charge is 0.310 e. The highest BCUT2D eigenvalue weighted by Gasteiger charge is 2.41. The van der Waals surface area contributed by atoms with Crippen LogP contribution in [-0.2, 0) is 5.41 Å². The van der Waals surface area contributed by atoms with Gasteiger partial charge in [0.15, 0.2) is 0 Å². The summed E-state index contributed by atoms with van der Waals surface area (Å²) >= 11 is 0. The molecule has 1 aliphatic carbocycles.